The number of ether oxygens (including phenoxy) is 3. The number of hydrogen-bond acceptors (Lipinski definition) is 9. The number of rotatable bonds is 14. The molecule has 0 bridgehead atoms. The Balaban J connectivity index is 0.984. The first kappa shape index (κ1) is 40.3. The van der Waals surface area contributed by atoms with Gasteiger partial charge in [-0.05, 0) is 74.6 Å². The summed E-state index contributed by atoms with van der Waals surface area (Å²) in [4.78, 5) is 68.1. The third-order valence-electron chi connectivity index (χ3n) is 11.6. The minimum absolute atomic E-state index is 0.0753. The minimum atomic E-state index is -0.693. The van der Waals surface area contributed by atoms with Crippen molar-refractivity contribution in [2.45, 2.75) is 96.2 Å². The second kappa shape index (κ2) is 16.9. The van der Waals surface area contributed by atoms with Crippen LogP contribution in [0.1, 0.15) is 95.0 Å². The second-order valence-corrected chi connectivity index (χ2v) is 16.2. The lowest BCUT2D eigenvalue weighted by Crippen LogP contribution is -2.51. The number of alkyl carbamates (subject to hydrolysis) is 2. The van der Waals surface area contributed by atoms with Crippen molar-refractivity contribution in [2.24, 2.45) is 11.8 Å². The van der Waals surface area contributed by atoms with Crippen molar-refractivity contribution in [3.8, 4) is 34.0 Å². The molecule has 2 aromatic carbocycles. The Kier molecular flexibility index (Phi) is 11.8. The van der Waals surface area contributed by atoms with Crippen molar-refractivity contribution in [3.05, 3.63) is 71.6 Å². The van der Waals surface area contributed by atoms with Crippen LogP contribution in [0, 0.1) is 11.8 Å². The van der Waals surface area contributed by atoms with E-state index >= 15 is 0 Å². The third-order valence-corrected chi connectivity index (χ3v) is 11.6. The molecular weight excluding hydrogens is 741 g/mol. The van der Waals surface area contributed by atoms with Crippen LogP contribution in [-0.2, 0) is 30.9 Å². The summed E-state index contributed by atoms with van der Waals surface area (Å²) in [6, 6.07) is 11.1. The van der Waals surface area contributed by atoms with Gasteiger partial charge < -0.3 is 45.0 Å². The third kappa shape index (κ3) is 8.25. The number of nitrogens with one attached hydrogen (secondary N) is 5. The van der Waals surface area contributed by atoms with E-state index in [1.165, 1.54) is 19.8 Å². The SMILES string of the molecule is COC(=O)N[C@H](C(=O)NCCCCc1ncc(-c2ccc3c(c2)Oc2ccc(-c4cnc([C@@H]5CCCN5C(=O)[C@@H](NC(=O)OC)C(C)C)[nH]4)cc2C32CC2)[nH]1)C(C)C. The van der Waals surface area contributed by atoms with Gasteiger partial charge in [-0.3, -0.25) is 9.59 Å². The Bertz CT molecular complexity index is 2150. The number of H-pyrrole nitrogens is 2. The summed E-state index contributed by atoms with van der Waals surface area (Å²) in [6.07, 6.45) is 8.43. The number of carbonyl (C=O) groups is 4. The molecule has 1 aliphatic carbocycles. The van der Waals surface area contributed by atoms with Crippen molar-refractivity contribution in [1.29, 1.82) is 0 Å². The number of likely N-dealkylation sites (tertiary alicyclic amines) is 1. The average molecular weight is 795 g/mol. The molecule has 2 aliphatic heterocycles. The summed E-state index contributed by atoms with van der Waals surface area (Å²) in [7, 11) is 2.57. The molecule has 1 spiro atoms. The number of amides is 4. The van der Waals surface area contributed by atoms with Gasteiger partial charge in [0.25, 0.3) is 0 Å². The van der Waals surface area contributed by atoms with Gasteiger partial charge in [0.2, 0.25) is 11.8 Å². The standard InChI is InChI=1S/C43H54N8O7/c1-24(2)36(49-41(54)56-5)39(52)44-18-8-7-11-35-45-22-30(47-35)27-12-14-28-34(21-27)58-33-15-13-26(20-29(33)43(28)16-17-43)31-23-46-38(48-31)32-10-9-19-51(32)40(53)37(25(3)4)50-42(55)57-6/h12-15,20-25,32,36-37H,7-11,16-19H2,1-6H3,(H,44,52)(H,45,47)(H,46,48)(H,49,54)(H,50,55)/t32-,36-,37-/m0/s1. The number of fused-ring (bicyclic) bond motifs is 4. The maximum atomic E-state index is 13.6. The number of nitrogens with zero attached hydrogens (tertiary/aromatic N) is 3. The van der Waals surface area contributed by atoms with Crippen LogP contribution < -0.4 is 20.7 Å². The van der Waals surface area contributed by atoms with Crippen molar-refractivity contribution in [3.63, 3.8) is 0 Å². The van der Waals surface area contributed by atoms with Gasteiger partial charge in [0.15, 0.2) is 0 Å². The molecule has 3 atom stereocenters. The number of imidazole rings is 2. The largest absolute Gasteiger partial charge is 0.457 e. The van der Waals surface area contributed by atoms with E-state index in [0.717, 1.165) is 96.2 Å². The highest BCUT2D eigenvalue weighted by Crippen LogP contribution is 2.62. The van der Waals surface area contributed by atoms with Gasteiger partial charge in [0.05, 0.1) is 44.0 Å². The maximum Gasteiger partial charge on any atom is 0.407 e. The number of aromatic nitrogens is 4. The second-order valence-electron chi connectivity index (χ2n) is 16.2. The van der Waals surface area contributed by atoms with Gasteiger partial charge in [0.1, 0.15) is 35.2 Å². The maximum absolute atomic E-state index is 13.6. The summed E-state index contributed by atoms with van der Waals surface area (Å²) < 4.78 is 16.0. The number of unbranched alkanes of at least 4 members (excludes halogenated alkanes) is 1. The quantitative estimate of drug-likeness (QED) is 0.0885. The van der Waals surface area contributed by atoms with E-state index in [-0.39, 0.29) is 35.1 Å². The number of aromatic amines is 2. The van der Waals surface area contributed by atoms with Crippen LogP contribution in [0.15, 0.2) is 48.8 Å². The fourth-order valence-corrected chi connectivity index (χ4v) is 8.20. The normalized spacial score (nSPS) is 17.2. The first-order valence-corrected chi connectivity index (χ1v) is 20.3. The van der Waals surface area contributed by atoms with Crippen LogP contribution >= 0.6 is 0 Å². The highest BCUT2D eigenvalue weighted by Gasteiger charge is 2.51. The number of hydrogen-bond donors (Lipinski definition) is 5. The molecule has 4 amide bonds. The zero-order valence-electron chi connectivity index (χ0n) is 34.1. The van der Waals surface area contributed by atoms with E-state index in [1.807, 2.05) is 57.1 Å². The minimum Gasteiger partial charge on any atom is -0.457 e. The van der Waals surface area contributed by atoms with Gasteiger partial charge >= 0.3 is 12.2 Å². The molecule has 5 N–H and O–H groups in total. The molecule has 58 heavy (non-hydrogen) atoms. The van der Waals surface area contributed by atoms with Gasteiger partial charge in [-0.15, -0.1) is 0 Å². The Morgan fingerprint density at radius 2 is 1.52 bits per heavy atom. The van der Waals surface area contributed by atoms with E-state index < -0.39 is 24.3 Å². The number of aryl methyl sites for hydroxylation is 1. The summed E-state index contributed by atoms with van der Waals surface area (Å²) in [6.45, 7) is 8.64. The highest BCUT2D eigenvalue weighted by atomic mass is 16.5. The fraction of sp³-hybridized carbons (Fsp3) is 0.488. The molecule has 7 rings (SSSR count). The highest BCUT2D eigenvalue weighted by molar-refractivity contribution is 5.87. The van der Waals surface area contributed by atoms with Crippen molar-refractivity contribution < 1.29 is 33.4 Å². The molecule has 308 valence electrons. The summed E-state index contributed by atoms with van der Waals surface area (Å²) >= 11 is 0. The molecule has 1 saturated carbocycles. The Morgan fingerprint density at radius 1 is 0.845 bits per heavy atom. The van der Waals surface area contributed by atoms with E-state index in [0.29, 0.717) is 13.1 Å². The van der Waals surface area contributed by atoms with Crippen LogP contribution in [0.25, 0.3) is 22.5 Å². The van der Waals surface area contributed by atoms with Crippen LogP contribution in [0.3, 0.4) is 0 Å². The number of benzene rings is 2. The molecule has 0 radical (unpaired) electrons. The molecule has 1 saturated heterocycles. The molecular formula is C43H54N8O7. The van der Waals surface area contributed by atoms with Crippen LogP contribution in [0.5, 0.6) is 11.5 Å². The van der Waals surface area contributed by atoms with Gasteiger partial charge in [-0.1, -0.05) is 39.8 Å². The Labute approximate surface area is 338 Å². The first-order valence-electron chi connectivity index (χ1n) is 20.3. The number of methoxy groups -OCH3 is 2. The first-order chi connectivity index (χ1) is 27.9. The van der Waals surface area contributed by atoms with Crippen molar-refractivity contribution in [2.75, 3.05) is 27.3 Å². The van der Waals surface area contributed by atoms with Gasteiger partial charge in [-0.2, -0.15) is 0 Å². The molecule has 15 nitrogen and oxygen atoms in total. The topological polar surface area (TPSA) is 193 Å². The Morgan fingerprint density at radius 3 is 2.22 bits per heavy atom. The fourth-order valence-electron chi connectivity index (χ4n) is 8.20. The lowest BCUT2D eigenvalue weighted by Gasteiger charge is -2.30. The average Bonchev–Trinajstić information content (AvgIpc) is 3.57. The summed E-state index contributed by atoms with van der Waals surface area (Å²) in [5.74, 6) is 2.74. The predicted octanol–water partition coefficient (Wildman–Crippen LogP) is 6.52. The van der Waals surface area contributed by atoms with E-state index in [1.54, 1.807) is 0 Å². The molecule has 0 unspecified atom stereocenters. The molecule has 4 aromatic rings. The van der Waals surface area contributed by atoms with E-state index in [4.69, 9.17) is 14.5 Å². The molecule has 3 aliphatic rings. The smallest absolute Gasteiger partial charge is 0.407 e. The molecule has 2 aromatic heterocycles. The van der Waals surface area contributed by atoms with E-state index in [9.17, 15) is 19.2 Å². The van der Waals surface area contributed by atoms with Gasteiger partial charge in [-0.25, -0.2) is 19.6 Å². The molecule has 4 heterocycles. The van der Waals surface area contributed by atoms with Gasteiger partial charge in [0, 0.05) is 47.2 Å². The summed E-state index contributed by atoms with van der Waals surface area (Å²) in [5, 5.41) is 8.22. The lowest BCUT2D eigenvalue weighted by atomic mass is 9.83. The van der Waals surface area contributed by atoms with Crippen LogP contribution in [0.4, 0.5) is 9.59 Å². The van der Waals surface area contributed by atoms with Crippen LogP contribution in [-0.4, -0.2) is 88.2 Å². The van der Waals surface area contributed by atoms with Crippen molar-refractivity contribution in [1.82, 2.24) is 40.8 Å². The zero-order valence-corrected chi connectivity index (χ0v) is 34.1. The summed E-state index contributed by atoms with van der Waals surface area (Å²) in [5.41, 5.74) is 5.98. The van der Waals surface area contributed by atoms with Crippen LogP contribution in [0.2, 0.25) is 0 Å². The number of carbonyl (C=O) groups excluding carboxylic acids is 4. The molecule has 15 heteroatoms. The molecule has 2 fully saturated rings. The Hall–Kier alpha value is -5.86. The predicted molar refractivity (Wildman–Crippen MR) is 216 cm³/mol. The lowest BCUT2D eigenvalue weighted by molar-refractivity contribution is -0.135. The monoisotopic (exact) mass is 794 g/mol. The van der Waals surface area contributed by atoms with E-state index in [2.05, 4.69) is 59.9 Å². The zero-order chi connectivity index (χ0) is 41.1. The van der Waals surface area contributed by atoms with Crippen molar-refractivity contribution >= 4 is 24.0 Å².